The van der Waals surface area contributed by atoms with E-state index in [4.69, 9.17) is 4.52 Å². The molecule has 4 nitrogen and oxygen atoms in total. The smallest absolute Gasteiger partial charge is 0.234 e. The molecule has 1 atom stereocenters. The zero-order chi connectivity index (χ0) is 13.3. The molecule has 1 saturated heterocycles. The van der Waals surface area contributed by atoms with Crippen molar-refractivity contribution in [1.82, 2.24) is 15.5 Å². The summed E-state index contributed by atoms with van der Waals surface area (Å²) >= 11 is 5.08. The third-order valence-electron chi connectivity index (χ3n) is 3.64. The van der Waals surface area contributed by atoms with Crippen molar-refractivity contribution in [3.05, 3.63) is 21.8 Å². The van der Waals surface area contributed by atoms with Crippen LogP contribution in [-0.2, 0) is 5.41 Å². The maximum absolute atomic E-state index is 5.56. The predicted octanol–water partition coefficient (Wildman–Crippen LogP) is 3.59. The Balaban J connectivity index is 1.91. The van der Waals surface area contributed by atoms with E-state index in [0.717, 1.165) is 47.6 Å². The zero-order valence-electron chi connectivity index (χ0n) is 10.8. The highest BCUT2D eigenvalue weighted by Crippen LogP contribution is 2.36. The predicted molar refractivity (Wildman–Crippen MR) is 79.4 cm³/mol. The van der Waals surface area contributed by atoms with Gasteiger partial charge >= 0.3 is 0 Å². The monoisotopic (exact) mass is 341 g/mol. The summed E-state index contributed by atoms with van der Waals surface area (Å²) in [5, 5.41) is 9.60. The minimum Gasteiger partial charge on any atom is -0.338 e. The Labute approximate surface area is 124 Å². The van der Waals surface area contributed by atoms with Crippen LogP contribution in [0.5, 0.6) is 0 Å². The van der Waals surface area contributed by atoms with E-state index in [9.17, 15) is 0 Å². The number of nitrogens with one attached hydrogen (secondary N) is 1. The van der Waals surface area contributed by atoms with Crippen LogP contribution in [0.4, 0.5) is 0 Å². The summed E-state index contributed by atoms with van der Waals surface area (Å²) in [7, 11) is 0. The van der Waals surface area contributed by atoms with Crippen LogP contribution in [0.3, 0.4) is 0 Å². The number of halogens is 1. The minimum atomic E-state index is 0.0362. The normalized spacial score (nSPS) is 23.1. The quantitative estimate of drug-likeness (QED) is 0.923. The summed E-state index contributed by atoms with van der Waals surface area (Å²) in [5.74, 6) is 1.49. The summed E-state index contributed by atoms with van der Waals surface area (Å²) in [5.41, 5.74) is 0.0362. The second-order valence-electron chi connectivity index (χ2n) is 5.01. The molecule has 0 spiro atoms. The number of hydrogen-bond acceptors (Lipinski definition) is 5. The Morgan fingerprint density at radius 3 is 3.11 bits per heavy atom. The molecular formula is C13H16BrN3OS. The molecule has 6 heteroatoms. The van der Waals surface area contributed by atoms with Gasteiger partial charge in [-0.25, -0.2) is 0 Å². The lowest BCUT2D eigenvalue weighted by Crippen LogP contribution is -2.29. The van der Waals surface area contributed by atoms with E-state index < -0.39 is 0 Å². The van der Waals surface area contributed by atoms with Gasteiger partial charge in [0.2, 0.25) is 11.7 Å². The van der Waals surface area contributed by atoms with E-state index >= 15 is 0 Å². The average molecular weight is 342 g/mol. The van der Waals surface area contributed by atoms with Gasteiger partial charge in [-0.1, -0.05) is 18.5 Å². The maximum Gasteiger partial charge on any atom is 0.234 e. The van der Waals surface area contributed by atoms with Crippen molar-refractivity contribution in [3.63, 3.8) is 0 Å². The fraction of sp³-hybridized carbons (Fsp3) is 0.538. The first-order valence-corrected chi connectivity index (χ1v) is 8.20. The highest BCUT2D eigenvalue weighted by molar-refractivity contribution is 9.10. The van der Waals surface area contributed by atoms with Crippen molar-refractivity contribution in [2.24, 2.45) is 0 Å². The lowest BCUT2D eigenvalue weighted by atomic mass is 9.82. The molecule has 19 heavy (non-hydrogen) atoms. The molecule has 0 amide bonds. The van der Waals surface area contributed by atoms with E-state index in [-0.39, 0.29) is 5.41 Å². The molecule has 1 fully saturated rings. The molecule has 1 aliphatic rings. The highest BCUT2D eigenvalue weighted by atomic mass is 79.9. The highest BCUT2D eigenvalue weighted by Gasteiger charge is 2.40. The van der Waals surface area contributed by atoms with Crippen molar-refractivity contribution in [3.8, 4) is 10.7 Å². The SMILES string of the molecule is CCCC1(c2nc(-c3cc(Br)cs3)no2)CCNC1. The summed E-state index contributed by atoms with van der Waals surface area (Å²) in [6.07, 6.45) is 3.30. The van der Waals surface area contributed by atoms with E-state index in [2.05, 4.69) is 38.3 Å². The maximum atomic E-state index is 5.56. The molecule has 3 rings (SSSR count). The van der Waals surface area contributed by atoms with Gasteiger partial charge < -0.3 is 9.84 Å². The number of hydrogen-bond donors (Lipinski definition) is 1. The first-order chi connectivity index (χ1) is 9.23. The van der Waals surface area contributed by atoms with Gasteiger partial charge in [0.15, 0.2) is 0 Å². The molecule has 102 valence electrons. The molecule has 3 heterocycles. The Hall–Kier alpha value is -0.720. The second kappa shape index (κ2) is 5.34. The van der Waals surface area contributed by atoms with Crippen LogP contribution in [-0.4, -0.2) is 23.2 Å². The van der Waals surface area contributed by atoms with Crippen LogP contribution in [0.2, 0.25) is 0 Å². The summed E-state index contributed by atoms with van der Waals surface area (Å²) in [6.45, 7) is 4.17. The van der Waals surface area contributed by atoms with Crippen molar-refractivity contribution < 1.29 is 4.52 Å². The summed E-state index contributed by atoms with van der Waals surface area (Å²) in [4.78, 5) is 5.68. The van der Waals surface area contributed by atoms with Crippen molar-refractivity contribution >= 4 is 27.3 Å². The molecule has 0 aliphatic carbocycles. The molecule has 0 radical (unpaired) electrons. The van der Waals surface area contributed by atoms with Gasteiger partial charge in [0.1, 0.15) is 0 Å². The number of rotatable bonds is 4. The summed E-state index contributed by atoms with van der Waals surface area (Å²) < 4.78 is 6.62. The van der Waals surface area contributed by atoms with Gasteiger partial charge in [-0.3, -0.25) is 0 Å². The van der Waals surface area contributed by atoms with Crippen LogP contribution in [0.1, 0.15) is 32.1 Å². The van der Waals surface area contributed by atoms with Crippen LogP contribution >= 0.6 is 27.3 Å². The van der Waals surface area contributed by atoms with Crippen LogP contribution in [0.25, 0.3) is 10.7 Å². The molecule has 1 unspecified atom stereocenters. The van der Waals surface area contributed by atoms with Crippen molar-refractivity contribution in [2.75, 3.05) is 13.1 Å². The van der Waals surface area contributed by atoms with E-state index in [0.29, 0.717) is 5.82 Å². The van der Waals surface area contributed by atoms with Crippen LogP contribution in [0, 0.1) is 0 Å². The lowest BCUT2D eigenvalue weighted by Gasteiger charge is -2.22. The first-order valence-electron chi connectivity index (χ1n) is 6.53. The third kappa shape index (κ3) is 2.49. The van der Waals surface area contributed by atoms with Gasteiger partial charge in [0.25, 0.3) is 0 Å². The molecule has 0 aromatic carbocycles. The second-order valence-corrected chi connectivity index (χ2v) is 6.84. The lowest BCUT2D eigenvalue weighted by molar-refractivity contribution is 0.277. The fourth-order valence-electron chi connectivity index (χ4n) is 2.69. The largest absolute Gasteiger partial charge is 0.338 e. The summed E-state index contributed by atoms with van der Waals surface area (Å²) in [6, 6.07) is 2.03. The molecule has 0 saturated carbocycles. The zero-order valence-corrected chi connectivity index (χ0v) is 13.2. The van der Waals surface area contributed by atoms with Crippen molar-refractivity contribution in [2.45, 2.75) is 31.6 Å². The van der Waals surface area contributed by atoms with Crippen LogP contribution < -0.4 is 5.32 Å². The van der Waals surface area contributed by atoms with Gasteiger partial charge in [0.05, 0.1) is 10.3 Å². The Morgan fingerprint density at radius 1 is 1.58 bits per heavy atom. The first kappa shape index (κ1) is 13.3. The van der Waals surface area contributed by atoms with Crippen LogP contribution in [0.15, 0.2) is 20.4 Å². The number of nitrogens with zero attached hydrogens (tertiary/aromatic N) is 2. The van der Waals surface area contributed by atoms with E-state index in [1.807, 2.05) is 11.4 Å². The third-order valence-corrected chi connectivity index (χ3v) is 5.33. The van der Waals surface area contributed by atoms with Crippen molar-refractivity contribution in [1.29, 1.82) is 0 Å². The van der Waals surface area contributed by atoms with Gasteiger partial charge in [-0.2, -0.15) is 4.98 Å². The fourth-order valence-corrected chi connectivity index (χ4v) is 4.05. The van der Waals surface area contributed by atoms with Gasteiger partial charge in [-0.15, -0.1) is 11.3 Å². The Bertz CT molecular complexity index is 560. The standard InChI is InChI=1S/C13H16BrN3OS/c1-2-3-13(4-5-15-8-13)12-16-11(17-18-12)10-6-9(14)7-19-10/h6-7,15H,2-5,8H2,1H3. The Kier molecular flexibility index (Phi) is 3.73. The topological polar surface area (TPSA) is 51.0 Å². The average Bonchev–Trinajstić information content (AvgIpc) is 3.07. The van der Waals surface area contributed by atoms with E-state index in [1.54, 1.807) is 11.3 Å². The number of aromatic nitrogens is 2. The molecule has 1 N–H and O–H groups in total. The van der Waals surface area contributed by atoms with Gasteiger partial charge in [0, 0.05) is 16.4 Å². The number of thiophene rings is 1. The molecule has 0 bridgehead atoms. The molecule has 1 aliphatic heterocycles. The molecule has 2 aromatic rings. The van der Waals surface area contributed by atoms with Gasteiger partial charge in [-0.05, 0) is 41.4 Å². The Morgan fingerprint density at radius 2 is 2.47 bits per heavy atom. The molecular weight excluding hydrogens is 326 g/mol. The van der Waals surface area contributed by atoms with E-state index in [1.165, 1.54) is 0 Å². The molecule has 2 aromatic heterocycles. The minimum absolute atomic E-state index is 0.0362.